The fraction of sp³-hybridized carbons (Fsp3) is 0.250. The number of methoxy groups -OCH3 is 1. The second-order valence-corrected chi connectivity index (χ2v) is 5.80. The molecular formula is C16H17N3O4S. The summed E-state index contributed by atoms with van der Waals surface area (Å²) < 4.78 is 10.2. The van der Waals surface area contributed by atoms with E-state index in [-0.39, 0.29) is 12.3 Å². The molecule has 126 valence electrons. The van der Waals surface area contributed by atoms with E-state index in [1.54, 1.807) is 18.2 Å². The number of hydrogen-bond acceptors (Lipinski definition) is 7. The Kier molecular flexibility index (Phi) is 6.02. The van der Waals surface area contributed by atoms with Gasteiger partial charge in [0.2, 0.25) is 5.91 Å². The summed E-state index contributed by atoms with van der Waals surface area (Å²) >= 11 is 1.44. The zero-order valence-corrected chi connectivity index (χ0v) is 14.3. The molecule has 1 amide bonds. The van der Waals surface area contributed by atoms with Crippen LogP contribution in [0, 0.1) is 6.92 Å². The average Bonchev–Trinajstić information content (AvgIpc) is 2.93. The molecule has 1 aromatic carbocycles. The van der Waals surface area contributed by atoms with Crippen LogP contribution in [0.1, 0.15) is 23.2 Å². The summed E-state index contributed by atoms with van der Waals surface area (Å²) in [5.74, 6) is 0.0487. The predicted octanol–water partition coefficient (Wildman–Crippen LogP) is 2.08. The first-order valence-electron chi connectivity index (χ1n) is 7.07. The maximum atomic E-state index is 11.8. The largest absolute Gasteiger partial charge is 0.493 e. The molecule has 0 aliphatic rings. The molecule has 0 fully saturated rings. The number of carbonyl (C=O) groups is 2. The summed E-state index contributed by atoms with van der Waals surface area (Å²) in [6.45, 7) is 3.19. The molecule has 1 N–H and O–H groups in total. The van der Waals surface area contributed by atoms with Crippen molar-refractivity contribution in [2.24, 2.45) is 5.10 Å². The number of carbonyl (C=O) groups excluding carboxylic acids is 2. The van der Waals surface area contributed by atoms with E-state index >= 15 is 0 Å². The Labute approximate surface area is 143 Å². The molecule has 2 rings (SSSR count). The minimum Gasteiger partial charge on any atom is -0.493 e. The summed E-state index contributed by atoms with van der Waals surface area (Å²) in [5.41, 5.74) is 4.03. The number of rotatable bonds is 6. The Morgan fingerprint density at radius 1 is 1.38 bits per heavy atom. The van der Waals surface area contributed by atoms with Crippen LogP contribution in [0.4, 0.5) is 0 Å². The third-order valence-electron chi connectivity index (χ3n) is 2.82. The normalized spacial score (nSPS) is 10.6. The molecule has 1 aromatic heterocycles. The standard InChI is InChI=1S/C16H17N3O4S/c1-10-9-24-16(18-10)7-15(21)19-17-8-12-4-5-13(23-11(2)20)14(6-12)22-3/h4-6,8-9H,7H2,1-3H3,(H,19,21)/b17-8-. The molecule has 0 radical (unpaired) electrons. The van der Waals surface area contributed by atoms with Gasteiger partial charge < -0.3 is 9.47 Å². The first-order chi connectivity index (χ1) is 11.5. The summed E-state index contributed by atoms with van der Waals surface area (Å²) in [6, 6.07) is 4.94. The van der Waals surface area contributed by atoms with Crippen molar-refractivity contribution < 1.29 is 19.1 Å². The van der Waals surface area contributed by atoms with Crippen molar-refractivity contribution in [3.63, 3.8) is 0 Å². The van der Waals surface area contributed by atoms with Crippen LogP contribution in [0.25, 0.3) is 0 Å². The number of hydrogen-bond donors (Lipinski definition) is 1. The summed E-state index contributed by atoms with van der Waals surface area (Å²) in [4.78, 5) is 27.0. The monoisotopic (exact) mass is 347 g/mol. The second kappa shape index (κ2) is 8.21. The molecule has 8 heteroatoms. The topological polar surface area (TPSA) is 89.9 Å². The third kappa shape index (κ3) is 5.17. The molecule has 0 unspecified atom stereocenters. The number of ether oxygens (including phenoxy) is 2. The molecule has 1 heterocycles. The van der Waals surface area contributed by atoms with Gasteiger partial charge in [0.05, 0.1) is 19.7 Å². The van der Waals surface area contributed by atoms with Gasteiger partial charge >= 0.3 is 5.97 Å². The number of nitrogens with zero attached hydrogens (tertiary/aromatic N) is 2. The van der Waals surface area contributed by atoms with Gasteiger partial charge in [-0.25, -0.2) is 10.4 Å². The van der Waals surface area contributed by atoms with Gasteiger partial charge in [0.15, 0.2) is 11.5 Å². The number of esters is 1. The van der Waals surface area contributed by atoms with Crippen molar-refractivity contribution in [1.29, 1.82) is 0 Å². The molecule has 7 nitrogen and oxygen atoms in total. The van der Waals surface area contributed by atoms with Crippen LogP contribution in [0.5, 0.6) is 11.5 Å². The van der Waals surface area contributed by atoms with Gasteiger partial charge in [0.25, 0.3) is 0 Å². The van der Waals surface area contributed by atoms with Crippen LogP contribution in [0.2, 0.25) is 0 Å². The quantitative estimate of drug-likeness (QED) is 0.374. The van der Waals surface area contributed by atoms with E-state index in [2.05, 4.69) is 15.5 Å². The van der Waals surface area contributed by atoms with E-state index in [4.69, 9.17) is 9.47 Å². The Bertz CT molecular complexity index is 770. The number of nitrogens with one attached hydrogen (secondary N) is 1. The van der Waals surface area contributed by atoms with Gasteiger partial charge in [-0.15, -0.1) is 11.3 Å². The van der Waals surface area contributed by atoms with Crippen molar-refractivity contribution >= 4 is 29.4 Å². The molecule has 0 atom stereocenters. The Hall–Kier alpha value is -2.74. The zero-order chi connectivity index (χ0) is 17.5. The number of aryl methyl sites for hydroxylation is 1. The predicted molar refractivity (Wildman–Crippen MR) is 90.6 cm³/mol. The smallest absolute Gasteiger partial charge is 0.308 e. The summed E-state index contributed by atoms with van der Waals surface area (Å²) in [7, 11) is 1.47. The highest BCUT2D eigenvalue weighted by Gasteiger charge is 2.08. The highest BCUT2D eigenvalue weighted by molar-refractivity contribution is 7.09. The number of benzene rings is 1. The molecular weight excluding hydrogens is 330 g/mol. The number of hydrazone groups is 1. The van der Waals surface area contributed by atoms with Crippen molar-refractivity contribution in [3.05, 3.63) is 39.8 Å². The Morgan fingerprint density at radius 3 is 2.79 bits per heavy atom. The number of aromatic nitrogens is 1. The van der Waals surface area contributed by atoms with Crippen LogP contribution in [-0.4, -0.2) is 30.2 Å². The van der Waals surface area contributed by atoms with Crippen molar-refractivity contribution in [2.75, 3.05) is 7.11 Å². The number of amides is 1. The zero-order valence-electron chi connectivity index (χ0n) is 13.5. The summed E-state index contributed by atoms with van der Waals surface area (Å²) in [6.07, 6.45) is 1.66. The van der Waals surface area contributed by atoms with E-state index < -0.39 is 5.97 Å². The second-order valence-electron chi connectivity index (χ2n) is 4.86. The van der Waals surface area contributed by atoms with Crippen LogP contribution in [-0.2, 0) is 16.0 Å². The average molecular weight is 347 g/mol. The minimum absolute atomic E-state index is 0.185. The van der Waals surface area contributed by atoms with E-state index in [1.807, 2.05) is 12.3 Å². The van der Waals surface area contributed by atoms with Gasteiger partial charge in [-0.05, 0) is 30.7 Å². The Morgan fingerprint density at radius 2 is 2.17 bits per heavy atom. The van der Waals surface area contributed by atoms with Crippen LogP contribution < -0.4 is 14.9 Å². The van der Waals surface area contributed by atoms with E-state index in [0.29, 0.717) is 17.1 Å². The molecule has 0 aliphatic carbocycles. The molecule has 0 bridgehead atoms. The Balaban J connectivity index is 1.95. The lowest BCUT2D eigenvalue weighted by Gasteiger charge is -2.08. The van der Waals surface area contributed by atoms with Gasteiger partial charge in [0.1, 0.15) is 5.01 Å². The molecule has 0 saturated carbocycles. The molecule has 2 aromatic rings. The minimum atomic E-state index is -0.431. The highest BCUT2D eigenvalue weighted by atomic mass is 32.1. The van der Waals surface area contributed by atoms with Crippen LogP contribution in [0.15, 0.2) is 28.7 Å². The lowest BCUT2D eigenvalue weighted by atomic mass is 10.2. The fourth-order valence-corrected chi connectivity index (χ4v) is 2.61. The molecule has 0 aliphatic heterocycles. The van der Waals surface area contributed by atoms with E-state index in [0.717, 1.165) is 10.7 Å². The first kappa shape index (κ1) is 17.6. The van der Waals surface area contributed by atoms with Gasteiger partial charge in [-0.1, -0.05) is 0 Å². The maximum absolute atomic E-state index is 11.8. The highest BCUT2D eigenvalue weighted by Crippen LogP contribution is 2.27. The van der Waals surface area contributed by atoms with Crippen LogP contribution >= 0.6 is 11.3 Å². The van der Waals surface area contributed by atoms with Gasteiger partial charge in [-0.3, -0.25) is 9.59 Å². The molecule has 0 spiro atoms. The molecule has 0 saturated heterocycles. The lowest BCUT2D eigenvalue weighted by molar-refractivity contribution is -0.132. The van der Waals surface area contributed by atoms with E-state index in [1.165, 1.54) is 31.6 Å². The third-order valence-corrected chi connectivity index (χ3v) is 3.79. The molecule has 24 heavy (non-hydrogen) atoms. The number of thiazole rings is 1. The summed E-state index contributed by atoms with van der Waals surface area (Å²) in [5, 5.41) is 6.53. The van der Waals surface area contributed by atoms with Crippen molar-refractivity contribution in [3.8, 4) is 11.5 Å². The lowest BCUT2D eigenvalue weighted by Crippen LogP contribution is -2.19. The fourth-order valence-electron chi connectivity index (χ4n) is 1.84. The van der Waals surface area contributed by atoms with Crippen molar-refractivity contribution in [1.82, 2.24) is 10.4 Å². The maximum Gasteiger partial charge on any atom is 0.308 e. The van der Waals surface area contributed by atoms with Gasteiger partial charge in [0, 0.05) is 18.0 Å². The van der Waals surface area contributed by atoms with Gasteiger partial charge in [-0.2, -0.15) is 5.10 Å². The van der Waals surface area contributed by atoms with Crippen molar-refractivity contribution in [2.45, 2.75) is 20.3 Å². The van der Waals surface area contributed by atoms with E-state index in [9.17, 15) is 9.59 Å². The first-order valence-corrected chi connectivity index (χ1v) is 7.95. The van der Waals surface area contributed by atoms with Crippen LogP contribution in [0.3, 0.4) is 0 Å². The SMILES string of the molecule is COc1cc(/C=N\NC(=O)Cc2nc(C)cs2)ccc1OC(C)=O.